The molecule has 9 heteroatoms. The highest BCUT2D eigenvalue weighted by molar-refractivity contribution is 7.88. The van der Waals surface area contributed by atoms with Crippen LogP contribution in [0.1, 0.15) is 18.4 Å². The van der Waals surface area contributed by atoms with Crippen molar-refractivity contribution in [1.82, 2.24) is 9.62 Å². The molecule has 0 aliphatic carbocycles. The first kappa shape index (κ1) is 21.9. The number of carbonyl (C=O) groups is 1. The van der Waals surface area contributed by atoms with E-state index in [1.165, 1.54) is 4.31 Å². The average Bonchev–Trinajstić information content (AvgIpc) is 2.79. The zero-order valence-electron chi connectivity index (χ0n) is 17.0. The molecule has 31 heavy (non-hydrogen) atoms. The fourth-order valence-corrected chi connectivity index (χ4v) is 5.70. The van der Waals surface area contributed by atoms with Gasteiger partial charge in [0.1, 0.15) is 12.7 Å². The van der Waals surface area contributed by atoms with Gasteiger partial charge in [0.25, 0.3) is 0 Å². The van der Waals surface area contributed by atoms with E-state index in [0.29, 0.717) is 61.2 Å². The quantitative estimate of drug-likeness (QED) is 0.710. The SMILES string of the molecule is O=C(NC[C@H]1COc2ccccc2O1)C1CCN(S(=O)(=O)Cc2ccccc2Cl)CC1. The zero-order chi connectivity index (χ0) is 21.8. The first-order chi connectivity index (χ1) is 14.9. The molecule has 1 N–H and O–H groups in total. The molecule has 2 heterocycles. The summed E-state index contributed by atoms with van der Waals surface area (Å²) in [5, 5.41) is 3.37. The van der Waals surface area contributed by atoms with Crippen molar-refractivity contribution in [1.29, 1.82) is 0 Å². The van der Waals surface area contributed by atoms with Crippen molar-refractivity contribution in [2.45, 2.75) is 24.7 Å². The van der Waals surface area contributed by atoms with Crippen LogP contribution in [0.2, 0.25) is 5.02 Å². The van der Waals surface area contributed by atoms with Crippen LogP contribution in [0.25, 0.3) is 0 Å². The standard InChI is InChI=1S/C22H25ClN2O5S/c23-19-6-2-1-5-17(19)15-31(27,28)25-11-9-16(10-12-25)22(26)24-13-18-14-29-20-7-3-4-8-21(20)30-18/h1-8,16,18H,9-15H2,(H,24,26)/t18-/m0/s1. The van der Waals surface area contributed by atoms with Gasteiger partial charge in [-0.05, 0) is 36.6 Å². The number of ether oxygens (including phenoxy) is 2. The van der Waals surface area contributed by atoms with E-state index in [9.17, 15) is 13.2 Å². The number of carbonyl (C=O) groups excluding carboxylic acids is 1. The number of fused-ring (bicyclic) bond motifs is 1. The maximum Gasteiger partial charge on any atom is 0.223 e. The van der Waals surface area contributed by atoms with Crippen LogP contribution in [0.3, 0.4) is 0 Å². The van der Waals surface area contributed by atoms with Crippen LogP contribution in [-0.4, -0.2) is 51.0 Å². The molecule has 0 radical (unpaired) electrons. The maximum atomic E-state index is 12.8. The molecule has 2 aromatic carbocycles. The lowest BCUT2D eigenvalue weighted by molar-refractivity contribution is -0.126. The van der Waals surface area contributed by atoms with Crippen LogP contribution in [0.4, 0.5) is 0 Å². The highest BCUT2D eigenvalue weighted by Crippen LogP contribution is 2.31. The Morgan fingerprint density at radius 1 is 1.06 bits per heavy atom. The topological polar surface area (TPSA) is 84.9 Å². The van der Waals surface area contributed by atoms with Gasteiger partial charge >= 0.3 is 0 Å². The van der Waals surface area contributed by atoms with E-state index < -0.39 is 10.0 Å². The molecule has 4 rings (SSSR count). The first-order valence-corrected chi connectivity index (χ1v) is 12.3. The highest BCUT2D eigenvalue weighted by Gasteiger charge is 2.32. The summed E-state index contributed by atoms with van der Waals surface area (Å²) >= 11 is 6.11. The molecule has 1 saturated heterocycles. The van der Waals surface area contributed by atoms with E-state index in [2.05, 4.69) is 5.32 Å². The summed E-state index contributed by atoms with van der Waals surface area (Å²) in [4.78, 5) is 12.6. The normalized spacial score (nSPS) is 19.7. The number of para-hydroxylation sites is 2. The van der Waals surface area contributed by atoms with E-state index in [-0.39, 0.29) is 23.7 Å². The van der Waals surface area contributed by atoms with E-state index in [1.54, 1.807) is 24.3 Å². The van der Waals surface area contributed by atoms with Gasteiger partial charge in [-0.3, -0.25) is 4.79 Å². The number of benzene rings is 2. The molecule has 2 aliphatic rings. The number of rotatable bonds is 6. The van der Waals surface area contributed by atoms with Crippen molar-refractivity contribution >= 4 is 27.5 Å². The molecule has 0 unspecified atom stereocenters. The Bertz CT molecular complexity index is 1040. The Morgan fingerprint density at radius 2 is 1.74 bits per heavy atom. The van der Waals surface area contributed by atoms with Gasteiger partial charge in [0.05, 0.1) is 12.3 Å². The van der Waals surface area contributed by atoms with Gasteiger partial charge in [0.15, 0.2) is 11.5 Å². The third-order valence-corrected chi connectivity index (χ3v) is 7.78. The molecule has 0 bridgehead atoms. The molecule has 7 nitrogen and oxygen atoms in total. The van der Waals surface area contributed by atoms with E-state index in [1.807, 2.05) is 24.3 Å². The Balaban J connectivity index is 1.25. The monoisotopic (exact) mass is 464 g/mol. The third-order valence-electron chi connectivity index (χ3n) is 5.59. The second kappa shape index (κ2) is 9.46. The molecular weight excluding hydrogens is 440 g/mol. The van der Waals surface area contributed by atoms with Crippen molar-refractivity contribution in [3.05, 3.63) is 59.1 Å². The number of nitrogens with zero attached hydrogens (tertiary/aromatic N) is 1. The first-order valence-electron chi connectivity index (χ1n) is 10.3. The van der Waals surface area contributed by atoms with Crippen LogP contribution < -0.4 is 14.8 Å². The van der Waals surface area contributed by atoms with Gasteiger partial charge in [-0.2, -0.15) is 0 Å². The second-order valence-electron chi connectivity index (χ2n) is 7.76. The minimum absolute atomic E-state index is 0.0781. The molecule has 0 aromatic heterocycles. The largest absolute Gasteiger partial charge is 0.486 e. The summed E-state index contributed by atoms with van der Waals surface area (Å²) < 4.78 is 38.5. The molecule has 1 atom stereocenters. The highest BCUT2D eigenvalue weighted by atomic mass is 35.5. The molecule has 166 valence electrons. The maximum absolute atomic E-state index is 12.8. The summed E-state index contributed by atoms with van der Waals surface area (Å²) in [6, 6.07) is 14.4. The van der Waals surface area contributed by atoms with E-state index in [0.717, 1.165) is 0 Å². The molecule has 1 amide bonds. The molecule has 1 fully saturated rings. The van der Waals surface area contributed by atoms with Crippen molar-refractivity contribution in [2.75, 3.05) is 26.2 Å². The summed E-state index contributed by atoms with van der Waals surface area (Å²) in [6.45, 7) is 1.36. The average molecular weight is 465 g/mol. The lowest BCUT2D eigenvalue weighted by atomic mass is 9.97. The lowest BCUT2D eigenvalue weighted by Gasteiger charge is -2.31. The second-order valence-corrected chi connectivity index (χ2v) is 10.1. The number of hydrogen-bond acceptors (Lipinski definition) is 5. The fourth-order valence-electron chi connectivity index (χ4n) is 3.82. The van der Waals surface area contributed by atoms with Gasteiger partial charge in [0, 0.05) is 24.0 Å². The number of halogens is 1. The van der Waals surface area contributed by atoms with Crippen LogP contribution in [0.15, 0.2) is 48.5 Å². The summed E-state index contributed by atoms with van der Waals surface area (Å²) in [5.74, 6) is 0.943. The smallest absolute Gasteiger partial charge is 0.223 e. The summed E-state index contributed by atoms with van der Waals surface area (Å²) in [7, 11) is -3.49. The van der Waals surface area contributed by atoms with Gasteiger partial charge in [-0.1, -0.05) is 41.9 Å². The molecule has 0 saturated carbocycles. The Morgan fingerprint density at radius 3 is 2.48 bits per heavy atom. The Labute approximate surface area is 187 Å². The van der Waals surface area contributed by atoms with Gasteiger partial charge in [-0.15, -0.1) is 0 Å². The lowest BCUT2D eigenvalue weighted by Crippen LogP contribution is -2.46. The van der Waals surface area contributed by atoms with Gasteiger partial charge < -0.3 is 14.8 Å². The van der Waals surface area contributed by atoms with Crippen LogP contribution >= 0.6 is 11.6 Å². The molecular formula is C22H25ClN2O5S. The van der Waals surface area contributed by atoms with Crippen LogP contribution in [0, 0.1) is 5.92 Å². The van der Waals surface area contributed by atoms with Crippen LogP contribution in [-0.2, 0) is 20.6 Å². The number of hydrogen-bond donors (Lipinski definition) is 1. The fraction of sp³-hybridized carbons (Fsp3) is 0.409. The predicted octanol–water partition coefficient (Wildman–Crippen LogP) is 2.84. The predicted molar refractivity (Wildman–Crippen MR) is 118 cm³/mol. The number of amides is 1. The summed E-state index contributed by atoms with van der Waals surface area (Å²) in [5.41, 5.74) is 0.584. The molecule has 0 spiro atoms. The number of sulfonamides is 1. The van der Waals surface area contributed by atoms with Gasteiger partial charge in [-0.25, -0.2) is 12.7 Å². The third kappa shape index (κ3) is 5.31. The Kier molecular flexibility index (Phi) is 6.69. The van der Waals surface area contributed by atoms with Crippen molar-refractivity contribution in [2.24, 2.45) is 5.92 Å². The van der Waals surface area contributed by atoms with E-state index >= 15 is 0 Å². The van der Waals surface area contributed by atoms with Crippen molar-refractivity contribution < 1.29 is 22.7 Å². The Hall–Kier alpha value is -2.29. The number of nitrogens with one attached hydrogen (secondary N) is 1. The number of piperidine rings is 1. The molecule has 2 aliphatic heterocycles. The van der Waals surface area contributed by atoms with Crippen molar-refractivity contribution in [3.8, 4) is 11.5 Å². The van der Waals surface area contributed by atoms with Crippen molar-refractivity contribution in [3.63, 3.8) is 0 Å². The van der Waals surface area contributed by atoms with Gasteiger partial charge in [0.2, 0.25) is 15.9 Å². The minimum Gasteiger partial charge on any atom is -0.486 e. The minimum atomic E-state index is -3.49. The zero-order valence-corrected chi connectivity index (χ0v) is 18.6. The van der Waals surface area contributed by atoms with E-state index in [4.69, 9.17) is 21.1 Å². The van der Waals surface area contributed by atoms with Crippen LogP contribution in [0.5, 0.6) is 11.5 Å². The summed E-state index contributed by atoms with van der Waals surface area (Å²) in [6.07, 6.45) is 0.714. The molecule has 2 aromatic rings.